The van der Waals surface area contributed by atoms with Crippen LogP contribution < -0.4 is 4.74 Å². The van der Waals surface area contributed by atoms with E-state index in [1.807, 2.05) is 9.80 Å². The van der Waals surface area contributed by atoms with E-state index in [9.17, 15) is 36.2 Å². The summed E-state index contributed by atoms with van der Waals surface area (Å²) in [7, 11) is 0. The highest BCUT2D eigenvalue weighted by molar-refractivity contribution is 5.85. The van der Waals surface area contributed by atoms with Crippen LogP contribution in [0.15, 0.2) is 41.6 Å². The van der Waals surface area contributed by atoms with Gasteiger partial charge in [-0.1, -0.05) is 17.3 Å². The molecule has 228 valence electrons. The summed E-state index contributed by atoms with van der Waals surface area (Å²) >= 11 is 0. The van der Waals surface area contributed by atoms with Crippen LogP contribution in [0.3, 0.4) is 0 Å². The molecule has 0 atom stereocenters. The van der Waals surface area contributed by atoms with Crippen molar-refractivity contribution in [2.75, 3.05) is 32.8 Å². The van der Waals surface area contributed by atoms with Crippen molar-refractivity contribution in [1.82, 2.24) is 9.80 Å². The SMILES string of the molecule is CCOc1cc(CN2CC3(CC(N4CCC(C)(C(=O)O)CC4)=NO3)C2)cc(C(F)(F)C(F)(F)F)c1-c1ccc(F)cc1. The van der Waals surface area contributed by atoms with E-state index in [4.69, 9.17) is 9.57 Å². The molecule has 2 aromatic carbocycles. The predicted molar refractivity (Wildman–Crippen MR) is 141 cm³/mol. The normalized spacial score (nSPS) is 20.2. The van der Waals surface area contributed by atoms with Gasteiger partial charge < -0.3 is 19.6 Å². The minimum Gasteiger partial charge on any atom is -0.493 e. The van der Waals surface area contributed by atoms with Gasteiger partial charge in [0.05, 0.1) is 18.4 Å². The zero-order chi connectivity index (χ0) is 30.5. The maximum absolute atomic E-state index is 14.9. The van der Waals surface area contributed by atoms with E-state index in [2.05, 4.69) is 5.16 Å². The first-order chi connectivity index (χ1) is 19.7. The van der Waals surface area contributed by atoms with Crippen LogP contribution in [-0.4, -0.2) is 71.3 Å². The lowest BCUT2D eigenvalue weighted by molar-refractivity contribution is -0.289. The molecule has 3 heterocycles. The fourth-order valence-electron chi connectivity index (χ4n) is 5.80. The van der Waals surface area contributed by atoms with Crippen LogP contribution in [0.5, 0.6) is 5.75 Å². The fourth-order valence-corrected chi connectivity index (χ4v) is 5.80. The molecule has 1 N–H and O–H groups in total. The average molecular weight is 600 g/mol. The van der Waals surface area contributed by atoms with E-state index in [-0.39, 0.29) is 30.0 Å². The molecule has 42 heavy (non-hydrogen) atoms. The molecule has 0 amide bonds. The van der Waals surface area contributed by atoms with E-state index < -0.39 is 46.0 Å². The fraction of sp³-hybridized carbons (Fsp3) is 0.517. The van der Waals surface area contributed by atoms with Gasteiger partial charge in [0.15, 0.2) is 5.60 Å². The molecule has 2 fully saturated rings. The largest absolute Gasteiger partial charge is 0.493 e. The van der Waals surface area contributed by atoms with Crippen LogP contribution in [0.4, 0.5) is 26.3 Å². The molecule has 0 saturated carbocycles. The van der Waals surface area contributed by atoms with Crippen LogP contribution >= 0.6 is 0 Å². The summed E-state index contributed by atoms with van der Waals surface area (Å²) < 4.78 is 89.8. The second-order valence-corrected chi connectivity index (χ2v) is 11.5. The number of piperidine rings is 1. The molecule has 0 unspecified atom stereocenters. The van der Waals surface area contributed by atoms with E-state index in [0.717, 1.165) is 36.2 Å². The van der Waals surface area contributed by atoms with Gasteiger partial charge in [-0.05, 0) is 62.1 Å². The topological polar surface area (TPSA) is 74.6 Å². The Morgan fingerprint density at radius 3 is 2.31 bits per heavy atom. The maximum atomic E-state index is 14.9. The molecule has 0 aliphatic carbocycles. The van der Waals surface area contributed by atoms with E-state index in [1.54, 1.807) is 13.8 Å². The van der Waals surface area contributed by atoms with E-state index in [0.29, 0.717) is 45.4 Å². The summed E-state index contributed by atoms with van der Waals surface area (Å²) in [6, 6.07) is 6.53. The molecule has 3 aliphatic rings. The highest BCUT2D eigenvalue weighted by atomic mass is 19.4. The number of carboxylic acid groups (broad SMARTS) is 1. The molecular formula is C29H31F6N3O4. The lowest BCUT2D eigenvalue weighted by atomic mass is 9.80. The minimum absolute atomic E-state index is 0.0115. The van der Waals surface area contributed by atoms with E-state index >= 15 is 0 Å². The predicted octanol–water partition coefficient (Wildman–Crippen LogP) is 6.02. The van der Waals surface area contributed by atoms with Gasteiger partial charge in [-0.2, -0.15) is 22.0 Å². The van der Waals surface area contributed by atoms with Crippen LogP contribution in [0.2, 0.25) is 0 Å². The number of carboxylic acids is 1. The zero-order valence-corrected chi connectivity index (χ0v) is 23.1. The van der Waals surface area contributed by atoms with Crippen LogP contribution in [0, 0.1) is 11.2 Å². The highest BCUT2D eigenvalue weighted by Gasteiger charge is 2.60. The number of likely N-dealkylation sites (tertiary alicyclic amines) is 2. The number of carbonyl (C=O) groups is 1. The lowest BCUT2D eigenvalue weighted by Gasteiger charge is -2.46. The number of alkyl halides is 5. The highest BCUT2D eigenvalue weighted by Crippen LogP contribution is 2.50. The number of amidine groups is 1. The molecule has 0 aromatic heterocycles. The van der Waals surface area contributed by atoms with Gasteiger partial charge in [-0.3, -0.25) is 9.69 Å². The van der Waals surface area contributed by atoms with Crippen molar-refractivity contribution in [1.29, 1.82) is 0 Å². The summed E-state index contributed by atoms with van der Waals surface area (Å²) in [5.41, 5.74) is -2.96. The van der Waals surface area contributed by atoms with Crippen molar-refractivity contribution in [2.24, 2.45) is 10.6 Å². The third-order valence-electron chi connectivity index (χ3n) is 8.29. The number of nitrogens with zero attached hydrogens (tertiary/aromatic N) is 3. The molecule has 2 aromatic rings. The second-order valence-electron chi connectivity index (χ2n) is 11.5. The first-order valence-electron chi connectivity index (χ1n) is 13.6. The summed E-state index contributed by atoms with van der Waals surface area (Å²) in [6.45, 7) is 5.18. The summed E-state index contributed by atoms with van der Waals surface area (Å²) in [4.78, 5) is 21.1. The molecule has 0 bridgehead atoms. The third kappa shape index (κ3) is 5.50. The van der Waals surface area contributed by atoms with Gasteiger partial charge in [0, 0.05) is 43.9 Å². The Hall–Kier alpha value is -3.48. The smallest absolute Gasteiger partial charge is 0.458 e. The monoisotopic (exact) mass is 599 g/mol. The number of benzene rings is 2. The average Bonchev–Trinajstić information content (AvgIpc) is 3.34. The first-order valence-corrected chi connectivity index (χ1v) is 13.6. The molecule has 1 spiro atoms. The Morgan fingerprint density at radius 1 is 1.10 bits per heavy atom. The number of oxime groups is 1. The Morgan fingerprint density at radius 2 is 1.74 bits per heavy atom. The lowest BCUT2D eigenvalue weighted by Crippen LogP contribution is -2.61. The molecule has 13 heteroatoms. The van der Waals surface area contributed by atoms with Crippen LogP contribution in [0.25, 0.3) is 11.1 Å². The van der Waals surface area contributed by atoms with Gasteiger partial charge >= 0.3 is 18.1 Å². The van der Waals surface area contributed by atoms with Crippen LogP contribution in [-0.2, 0) is 22.1 Å². The Labute approximate surface area is 238 Å². The molecule has 3 aliphatic heterocycles. The molecule has 0 radical (unpaired) electrons. The number of hydrogen-bond donors (Lipinski definition) is 1. The quantitative estimate of drug-likeness (QED) is 0.393. The number of hydrogen-bond acceptors (Lipinski definition) is 6. The third-order valence-corrected chi connectivity index (χ3v) is 8.29. The zero-order valence-electron chi connectivity index (χ0n) is 23.1. The van der Waals surface area contributed by atoms with Crippen molar-refractivity contribution in [2.45, 2.75) is 57.4 Å². The summed E-state index contributed by atoms with van der Waals surface area (Å²) in [6.07, 6.45) is -4.44. The Kier molecular flexibility index (Phi) is 7.61. The number of ether oxygens (including phenoxy) is 1. The van der Waals surface area contributed by atoms with Crippen molar-refractivity contribution in [3.63, 3.8) is 0 Å². The number of halogens is 6. The molecular weight excluding hydrogens is 568 g/mol. The van der Waals surface area contributed by atoms with Crippen molar-refractivity contribution in [3.8, 4) is 16.9 Å². The molecule has 5 rings (SSSR count). The van der Waals surface area contributed by atoms with Gasteiger partial charge in [-0.25, -0.2) is 4.39 Å². The summed E-state index contributed by atoms with van der Waals surface area (Å²) in [5, 5.41) is 13.7. The standard InChI is InChI=1S/C29H31F6N3O4/c1-3-41-22-13-18(12-21(28(31,32)29(33,34)35)24(22)19-4-6-20(30)7-5-19)15-37-16-27(17-37)14-23(36-42-27)38-10-8-26(2,9-11-38)25(39)40/h4-7,12-13H,3,8-11,14-17H2,1-2H3,(H,39,40). The van der Waals surface area contributed by atoms with Gasteiger partial charge in [0.2, 0.25) is 0 Å². The van der Waals surface area contributed by atoms with E-state index in [1.165, 1.54) is 6.07 Å². The van der Waals surface area contributed by atoms with Gasteiger partial charge in [-0.15, -0.1) is 0 Å². The van der Waals surface area contributed by atoms with Crippen molar-refractivity contribution in [3.05, 3.63) is 53.3 Å². The van der Waals surface area contributed by atoms with Crippen molar-refractivity contribution >= 4 is 11.8 Å². The van der Waals surface area contributed by atoms with Gasteiger partial charge in [0.25, 0.3) is 0 Å². The second kappa shape index (κ2) is 10.7. The van der Waals surface area contributed by atoms with Crippen LogP contribution in [0.1, 0.15) is 44.2 Å². The number of aliphatic carboxylic acids is 1. The van der Waals surface area contributed by atoms with Gasteiger partial charge in [0.1, 0.15) is 17.4 Å². The van der Waals surface area contributed by atoms with Crippen molar-refractivity contribution < 1.29 is 45.8 Å². The first kappa shape index (κ1) is 30.0. The summed E-state index contributed by atoms with van der Waals surface area (Å²) in [5.74, 6) is -6.12. The molecule has 2 saturated heterocycles. The maximum Gasteiger partial charge on any atom is 0.458 e. The molecule has 7 nitrogen and oxygen atoms in total. The Balaban J connectivity index is 1.33. The minimum atomic E-state index is -5.87. The number of rotatable bonds is 7. The Bertz CT molecular complexity index is 1360.